The number of hydrogen-bond acceptors (Lipinski definition) is 2. The maximum absolute atomic E-state index is 5.33. The topological polar surface area (TPSA) is 25.1 Å². The summed E-state index contributed by atoms with van der Waals surface area (Å²) in [6, 6.07) is 30.3. The molecule has 2 unspecified atom stereocenters. The Bertz CT molecular complexity index is 1510. The fourth-order valence-electron chi connectivity index (χ4n) is 5.29. The van der Waals surface area contributed by atoms with E-state index in [-0.39, 0.29) is 0 Å². The van der Waals surface area contributed by atoms with Crippen LogP contribution >= 0.6 is 0 Å². The van der Waals surface area contributed by atoms with Crippen molar-refractivity contribution in [3.05, 3.63) is 129 Å². The van der Waals surface area contributed by atoms with E-state index < -0.39 is 0 Å². The zero-order valence-corrected chi connectivity index (χ0v) is 21.5. The van der Waals surface area contributed by atoms with Gasteiger partial charge in [-0.25, -0.2) is 0 Å². The van der Waals surface area contributed by atoms with E-state index in [1.807, 2.05) is 0 Å². The van der Waals surface area contributed by atoms with Crippen molar-refractivity contribution in [3.8, 4) is 34.8 Å². The number of ether oxygens (including phenoxy) is 2. The summed E-state index contributed by atoms with van der Waals surface area (Å²) < 4.78 is 10.7. The van der Waals surface area contributed by atoms with E-state index in [0.29, 0.717) is 18.1 Å². The van der Waals surface area contributed by atoms with Crippen LogP contribution in [0.5, 0.6) is 0 Å². The second-order valence-electron chi connectivity index (χ2n) is 10.5. The van der Waals surface area contributed by atoms with Gasteiger partial charge in [0.15, 0.2) is 0 Å². The average molecular weight is 493 g/mol. The predicted octanol–water partition coefficient (Wildman–Crippen LogP) is 6.50. The minimum Gasteiger partial charge on any atom is -0.373 e. The van der Waals surface area contributed by atoms with E-state index in [1.54, 1.807) is 0 Å². The van der Waals surface area contributed by atoms with Gasteiger partial charge in [0.1, 0.15) is 0 Å². The first-order valence-electron chi connectivity index (χ1n) is 13.4. The van der Waals surface area contributed by atoms with E-state index in [2.05, 4.69) is 116 Å². The quantitative estimate of drug-likeness (QED) is 0.240. The smallest absolute Gasteiger partial charge is 0.0850 e. The van der Waals surface area contributed by atoms with Crippen LogP contribution in [0.1, 0.15) is 57.3 Å². The highest BCUT2D eigenvalue weighted by Crippen LogP contribution is 2.45. The third kappa shape index (κ3) is 5.03. The third-order valence-corrected chi connectivity index (χ3v) is 7.67. The molecular weight excluding hydrogens is 464 g/mol. The van der Waals surface area contributed by atoms with Crippen LogP contribution in [0.15, 0.2) is 84.9 Å². The molecule has 2 heteroatoms. The van der Waals surface area contributed by atoms with Crippen LogP contribution in [0.25, 0.3) is 11.1 Å². The molecule has 3 aliphatic rings. The highest BCUT2D eigenvalue weighted by atomic mass is 16.6. The van der Waals surface area contributed by atoms with Crippen molar-refractivity contribution in [2.45, 2.75) is 37.9 Å². The summed E-state index contributed by atoms with van der Waals surface area (Å²) in [4.78, 5) is 0. The first kappa shape index (κ1) is 23.1. The van der Waals surface area contributed by atoms with Crippen LogP contribution in [0.3, 0.4) is 0 Å². The zero-order chi connectivity index (χ0) is 25.5. The molecule has 0 saturated carbocycles. The number of fused-ring (bicyclic) bond motifs is 3. The molecule has 2 saturated heterocycles. The Kier molecular flexibility index (Phi) is 5.87. The lowest BCUT2D eigenvalue weighted by Crippen LogP contribution is -1.92. The minimum absolute atomic E-state index is 0.316. The summed E-state index contributed by atoms with van der Waals surface area (Å²) >= 11 is 0. The second-order valence-corrected chi connectivity index (χ2v) is 10.5. The van der Waals surface area contributed by atoms with Crippen molar-refractivity contribution in [1.82, 2.24) is 0 Å². The van der Waals surface area contributed by atoms with Crippen molar-refractivity contribution in [1.29, 1.82) is 0 Å². The summed E-state index contributed by atoms with van der Waals surface area (Å²) in [5.74, 6) is 13.7. The number of rotatable bonds is 4. The highest BCUT2D eigenvalue weighted by Gasteiger charge is 2.26. The summed E-state index contributed by atoms with van der Waals surface area (Å²) in [7, 11) is 0. The van der Waals surface area contributed by atoms with E-state index in [1.165, 1.54) is 33.4 Å². The minimum atomic E-state index is 0.316. The summed E-state index contributed by atoms with van der Waals surface area (Å²) in [5, 5.41) is 0. The Morgan fingerprint density at radius 1 is 0.553 bits per heavy atom. The van der Waals surface area contributed by atoms with E-state index in [9.17, 15) is 0 Å². The predicted molar refractivity (Wildman–Crippen MR) is 151 cm³/mol. The maximum Gasteiger partial charge on any atom is 0.0850 e. The van der Waals surface area contributed by atoms with Crippen LogP contribution in [-0.2, 0) is 22.3 Å². The fourth-order valence-corrected chi connectivity index (χ4v) is 5.29. The summed E-state index contributed by atoms with van der Waals surface area (Å²) in [6.07, 6.45) is 2.82. The van der Waals surface area contributed by atoms with Crippen molar-refractivity contribution >= 4 is 0 Å². The van der Waals surface area contributed by atoms with Crippen LogP contribution in [0.2, 0.25) is 0 Å². The Hall–Kier alpha value is -4.08. The molecule has 0 bridgehead atoms. The Morgan fingerprint density at radius 2 is 0.921 bits per heavy atom. The van der Waals surface area contributed by atoms with Crippen LogP contribution in [0.4, 0.5) is 0 Å². The van der Waals surface area contributed by atoms with Crippen molar-refractivity contribution in [2.75, 3.05) is 13.2 Å². The zero-order valence-electron chi connectivity index (χ0n) is 21.5. The van der Waals surface area contributed by atoms with Gasteiger partial charge in [0.2, 0.25) is 0 Å². The molecule has 2 atom stereocenters. The summed E-state index contributed by atoms with van der Waals surface area (Å²) in [5.41, 5.74) is 12.1. The molecule has 0 spiro atoms. The number of benzene rings is 4. The van der Waals surface area contributed by atoms with Gasteiger partial charge in [-0.15, -0.1) is 0 Å². The molecule has 4 aromatic carbocycles. The normalized spacial score (nSPS) is 19.9. The van der Waals surface area contributed by atoms with Gasteiger partial charge in [-0.1, -0.05) is 67.0 Å². The molecule has 2 nitrogen and oxygen atoms in total. The van der Waals surface area contributed by atoms with Gasteiger partial charge in [0.05, 0.1) is 25.4 Å². The van der Waals surface area contributed by atoms with Gasteiger partial charge >= 0.3 is 0 Å². The number of hydrogen-bond donors (Lipinski definition) is 0. The fraction of sp³-hybridized carbons (Fsp3) is 0.222. The molecule has 2 aliphatic heterocycles. The average Bonchev–Trinajstić information content (AvgIpc) is 3.89. The van der Waals surface area contributed by atoms with Crippen molar-refractivity contribution < 1.29 is 9.47 Å². The van der Waals surface area contributed by atoms with Gasteiger partial charge in [0.25, 0.3) is 0 Å². The molecule has 38 heavy (non-hydrogen) atoms. The van der Waals surface area contributed by atoms with E-state index in [4.69, 9.17) is 9.47 Å². The lowest BCUT2D eigenvalue weighted by atomic mass is 9.97. The van der Waals surface area contributed by atoms with Crippen molar-refractivity contribution in [3.63, 3.8) is 0 Å². The molecule has 2 heterocycles. The third-order valence-electron chi connectivity index (χ3n) is 7.67. The van der Waals surface area contributed by atoms with E-state index in [0.717, 1.165) is 48.3 Å². The Labute approximate surface area is 224 Å². The maximum atomic E-state index is 5.33. The van der Waals surface area contributed by atoms with Gasteiger partial charge in [-0.05, 0) is 81.9 Å². The van der Waals surface area contributed by atoms with Crippen LogP contribution < -0.4 is 0 Å². The van der Waals surface area contributed by atoms with Gasteiger partial charge < -0.3 is 9.47 Å². The van der Waals surface area contributed by atoms with Gasteiger partial charge in [-0.2, -0.15) is 0 Å². The van der Waals surface area contributed by atoms with E-state index >= 15 is 0 Å². The van der Waals surface area contributed by atoms with Crippen LogP contribution in [0, 0.1) is 23.7 Å². The standard InChI is InChI=1S/C36H28O2/c1-24-35-20-29(12-6-25-2-8-27(9-3-25)18-31-22-37-31)14-16-33(35)34-17-15-30(21-36(24)34)13-7-26-4-10-28(11-5-26)19-32-23-38-32/h2-5,8-11,14-17,20-21,24,31-32H,18-19,22-23H2,1H3. The lowest BCUT2D eigenvalue weighted by Gasteiger charge is -2.07. The molecular formula is C36H28O2. The lowest BCUT2D eigenvalue weighted by molar-refractivity contribution is 0.407. The first-order valence-corrected chi connectivity index (χ1v) is 13.4. The monoisotopic (exact) mass is 492 g/mol. The first-order chi connectivity index (χ1) is 18.7. The summed E-state index contributed by atoms with van der Waals surface area (Å²) in [6.45, 7) is 4.06. The highest BCUT2D eigenvalue weighted by molar-refractivity contribution is 5.80. The molecule has 184 valence electrons. The molecule has 0 aromatic heterocycles. The molecule has 0 N–H and O–H groups in total. The second kappa shape index (κ2) is 9.66. The SMILES string of the molecule is CC1c2cc(C#Cc3ccc(CC4CO4)cc3)ccc2-c2ccc(C#Cc3ccc(CC4CO4)cc3)cc21. The largest absolute Gasteiger partial charge is 0.373 e. The van der Waals surface area contributed by atoms with Crippen molar-refractivity contribution in [2.24, 2.45) is 0 Å². The molecule has 0 radical (unpaired) electrons. The molecule has 2 fully saturated rings. The number of epoxide rings is 2. The molecule has 4 aromatic rings. The van der Waals surface area contributed by atoms with Gasteiger partial charge in [-0.3, -0.25) is 0 Å². The van der Waals surface area contributed by atoms with Gasteiger partial charge in [0, 0.05) is 41.0 Å². The van der Waals surface area contributed by atoms with Crippen LogP contribution in [-0.4, -0.2) is 25.4 Å². The molecule has 1 aliphatic carbocycles. The molecule has 7 rings (SSSR count). The molecule has 0 amide bonds. The Morgan fingerprint density at radius 3 is 1.32 bits per heavy atom. The Balaban J connectivity index is 1.07.